The second kappa shape index (κ2) is 9.73. The summed E-state index contributed by atoms with van der Waals surface area (Å²) < 4.78 is 0. The van der Waals surface area contributed by atoms with E-state index in [0.717, 1.165) is 36.4 Å². The molecule has 1 heterocycles. The molecule has 4 rings (SSSR count). The van der Waals surface area contributed by atoms with E-state index in [0.29, 0.717) is 5.92 Å². The van der Waals surface area contributed by atoms with E-state index in [1.54, 1.807) is 0 Å². The van der Waals surface area contributed by atoms with E-state index in [1.165, 1.54) is 12.8 Å². The molecule has 1 amide bonds. The maximum atomic E-state index is 14.1. The molecule has 1 saturated heterocycles. The Hall–Kier alpha value is -2.91. The van der Waals surface area contributed by atoms with Crippen molar-refractivity contribution in [1.82, 2.24) is 4.90 Å². The number of piperidine rings is 1. The zero-order valence-electron chi connectivity index (χ0n) is 17.7. The van der Waals surface area contributed by atoms with Gasteiger partial charge < -0.3 is 9.80 Å². The Bertz CT molecular complexity index is 887. The van der Waals surface area contributed by atoms with Gasteiger partial charge in [0, 0.05) is 18.8 Å². The Morgan fingerprint density at radius 1 is 0.900 bits per heavy atom. The first-order valence-electron chi connectivity index (χ1n) is 10.9. The van der Waals surface area contributed by atoms with Crippen molar-refractivity contribution in [3.8, 4) is 0 Å². The summed E-state index contributed by atoms with van der Waals surface area (Å²) in [5.41, 5.74) is 3.05. The Morgan fingerprint density at radius 3 is 1.97 bits per heavy atom. The van der Waals surface area contributed by atoms with Crippen molar-refractivity contribution < 1.29 is 4.79 Å². The Kier molecular flexibility index (Phi) is 6.60. The van der Waals surface area contributed by atoms with Crippen LogP contribution < -0.4 is 4.90 Å². The maximum Gasteiger partial charge on any atom is 0.238 e. The molecule has 3 nitrogen and oxygen atoms in total. The molecule has 1 aliphatic rings. The van der Waals surface area contributed by atoms with Crippen molar-refractivity contribution in [2.24, 2.45) is 5.92 Å². The number of amides is 1. The molecule has 0 saturated carbocycles. The zero-order chi connectivity index (χ0) is 20.8. The zero-order valence-corrected chi connectivity index (χ0v) is 17.7. The van der Waals surface area contributed by atoms with Crippen LogP contribution in [0.5, 0.6) is 0 Å². The number of rotatable bonds is 6. The molecule has 154 valence electrons. The summed E-state index contributed by atoms with van der Waals surface area (Å²) in [6, 6.07) is 30.5. The lowest BCUT2D eigenvalue weighted by atomic mass is 9.89. The van der Waals surface area contributed by atoms with Gasteiger partial charge in [-0.1, -0.05) is 78.9 Å². The highest BCUT2D eigenvalue weighted by molar-refractivity contribution is 6.00. The van der Waals surface area contributed by atoms with Crippen LogP contribution >= 0.6 is 0 Å². The Morgan fingerprint density at radius 2 is 1.43 bits per heavy atom. The molecule has 0 aromatic heterocycles. The fourth-order valence-electron chi connectivity index (χ4n) is 4.54. The minimum atomic E-state index is -0.311. The van der Waals surface area contributed by atoms with E-state index in [9.17, 15) is 4.79 Å². The monoisotopic (exact) mass is 398 g/mol. The molecule has 0 radical (unpaired) electrons. The first-order valence-corrected chi connectivity index (χ1v) is 10.9. The lowest BCUT2D eigenvalue weighted by Crippen LogP contribution is -2.43. The van der Waals surface area contributed by atoms with Crippen molar-refractivity contribution in [1.29, 1.82) is 0 Å². The number of hydrogen-bond acceptors (Lipinski definition) is 2. The third-order valence-corrected chi connectivity index (χ3v) is 6.01. The van der Waals surface area contributed by atoms with Gasteiger partial charge in [0.2, 0.25) is 5.91 Å². The number of carbonyl (C=O) groups is 1. The van der Waals surface area contributed by atoms with Gasteiger partial charge in [-0.15, -0.1) is 0 Å². The number of carbonyl (C=O) groups excluding carboxylic acids is 1. The molecule has 0 aliphatic carbocycles. The molecule has 0 spiro atoms. The first kappa shape index (κ1) is 20.4. The molecule has 1 fully saturated rings. The molecule has 0 N–H and O–H groups in total. The normalized spacial score (nSPS) is 17.1. The van der Waals surface area contributed by atoms with Crippen molar-refractivity contribution in [2.75, 3.05) is 31.6 Å². The lowest BCUT2D eigenvalue weighted by Gasteiger charge is -2.35. The largest absolute Gasteiger partial charge is 0.311 e. The van der Waals surface area contributed by atoms with Gasteiger partial charge in [0.05, 0.1) is 5.92 Å². The number of anilines is 1. The highest BCUT2D eigenvalue weighted by Crippen LogP contribution is 2.30. The molecule has 1 aliphatic heterocycles. The van der Waals surface area contributed by atoms with Crippen LogP contribution in [0.2, 0.25) is 0 Å². The summed E-state index contributed by atoms with van der Waals surface area (Å²) >= 11 is 0. The Balaban J connectivity index is 1.71. The van der Waals surface area contributed by atoms with Crippen LogP contribution in [-0.4, -0.2) is 37.5 Å². The molecule has 1 unspecified atom stereocenters. The predicted octanol–water partition coefficient (Wildman–Crippen LogP) is 5.19. The molecule has 3 heteroatoms. The maximum absolute atomic E-state index is 14.1. The highest BCUT2D eigenvalue weighted by Gasteiger charge is 2.31. The number of likely N-dealkylation sites (tertiary alicyclic amines) is 1. The van der Waals surface area contributed by atoms with Gasteiger partial charge in [-0.3, -0.25) is 4.79 Å². The van der Waals surface area contributed by atoms with E-state index >= 15 is 0 Å². The minimum absolute atomic E-state index is 0.145. The van der Waals surface area contributed by atoms with E-state index in [1.807, 2.05) is 59.5 Å². The van der Waals surface area contributed by atoms with Gasteiger partial charge in [0.25, 0.3) is 0 Å². The second-order valence-corrected chi connectivity index (χ2v) is 8.31. The van der Waals surface area contributed by atoms with Crippen LogP contribution in [0.15, 0.2) is 91.0 Å². The van der Waals surface area contributed by atoms with Crippen LogP contribution in [-0.2, 0) is 4.79 Å². The van der Waals surface area contributed by atoms with Crippen molar-refractivity contribution in [3.05, 3.63) is 102 Å². The van der Waals surface area contributed by atoms with Crippen molar-refractivity contribution in [2.45, 2.75) is 18.8 Å². The number of hydrogen-bond donors (Lipinski definition) is 0. The van der Waals surface area contributed by atoms with Gasteiger partial charge >= 0.3 is 0 Å². The summed E-state index contributed by atoms with van der Waals surface area (Å²) in [6.45, 7) is 2.94. The van der Waals surface area contributed by atoms with Crippen LogP contribution in [0.25, 0.3) is 0 Å². The van der Waals surface area contributed by atoms with Gasteiger partial charge in [-0.25, -0.2) is 0 Å². The number of benzene rings is 3. The SMILES string of the molecule is CN1CCCC(CN(C(=O)C(c2ccccc2)c2ccccc2)c2ccccc2)C1. The second-order valence-electron chi connectivity index (χ2n) is 8.31. The minimum Gasteiger partial charge on any atom is -0.311 e. The summed E-state index contributed by atoms with van der Waals surface area (Å²) in [4.78, 5) is 18.5. The quantitative estimate of drug-likeness (QED) is 0.570. The molecule has 0 bridgehead atoms. The van der Waals surface area contributed by atoms with Crippen molar-refractivity contribution in [3.63, 3.8) is 0 Å². The molecule has 3 aromatic carbocycles. The molecular weight excluding hydrogens is 368 g/mol. The summed E-state index contributed by atoms with van der Waals surface area (Å²) in [5.74, 6) is 0.320. The average Bonchev–Trinajstić information content (AvgIpc) is 2.80. The standard InChI is InChI=1S/C27H30N2O/c1-28-19-11-12-22(20-28)21-29(25-17-9-4-10-18-25)27(30)26(23-13-5-2-6-14-23)24-15-7-3-8-16-24/h2-10,13-18,22,26H,11-12,19-21H2,1H3. The molecule has 3 aromatic rings. The van der Waals surface area contributed by atoms with Crippen LogP contribution in [0.4, 0.5) is 5.69 Å². The third-order valence-electron chi connectivity index (χ3n) is 6.01. The predicted molar refractivity (Wildman–Crippen MR) is 124 cm³/mol. The topological polar surface area (TPSA) is 23.6 Å². The number of nitrogens with zero attached hydrogens (tertiary/aromatic N) is 2. The van der Waals surface area contributed by atoms with Gasteiger partial charge in [0.1, 0.15) is 0 Å². The molecule has 1 atom stereocenters. The number of para-hydroxylation sites is 1. The van der Waals surface area contributed by atoms with Gasteiger partial charge in [-0.05, 0) is 55.6 Å². The van der Waals surface area contributed by atoms with Gasteiger partial charge in [0.15, 0.2) is 0 Å². The first-order chi connectivity index (χ1) is 14.7. The van der Waals surface area contributed by atoms with Crippen LogP contribution in [0.3, 0.4) is 0 Å². The lowest BCUT2D eigenvalue weighted by molar-refractivity contribution is -0.119. The fourth-order valence-corrected chi connectivity index (χ4v) is 4.54. The third kappa shape index (κ3) is 4.80. The van der Waals surface area contributed by atoms with E-state index in [4.69, 9.17) is 0 Å². The molecule has 30 heavy (non-hydrogen) atoms. The van der Waals surface area contributed by atoms with Crippen molar-refractivity contribution >= 4 is 11.6 Å². The summed E-state index contributed by atoms with van der Waals surface area (Å²) in [5, 5.41) is 0. The van der Waals surface area contributed by atoms with E-state index < -0.39 is 0 Å². The fraction of sp³-hybridized carbons (Fsp3) is 0.296. The highest BCUT2D eigenvalue weighted by atomic mass is 16.2. The summed E-state index contributed by atoms with van der Waals surface area (Å²) in [7, 11) is 2.18. The van der Waals surface area contributed by atoms with Gasteiger partial charge in [-0.2, -0.15) is 0 Å². The smallest absolute Gasteiger partial charge is 0.238 e. The Labute approximate surface area is 180 Å². The summed E-state index contributed by atoms with van der Waals surface area (Å²) in [6.07, 6.45) is 2.36. The average molecular weight is 399 g/mol. The molecular formula is C27H30N2O. The van der Waals surface area contributed by atoms with E-state index in [2.05, 4.69) is 48.3 Å². The van der Waals surface area contributed by atoms with E-state index in [-0.39, 0.29) is 11.8 Å². The van der Waals surface area contributed by atoms with Crippen LogP contribution in [0, 0.1) is 5.92 Å². The van der Waals surface area contributed by atoms with Crippen LogP contribution in [0.1, 0.15) is 29.9 Å².